The molecule has 6 rings (SSSR count). The van der Waals surface area contributed by atoms with Crippen LogP contribution in [0, 0.1) is 5.92 Å². The van der Waals surface area contributed by atoms with Crippen molar-refractivity contribution in [1.82, 2.24) is 24.9 Å². The fourth-order valence-electron chi connectivity index (χ4n) is 5.42. The van der Waals surface area contributed by atoms with E-state index in [9.17, 15) is 4.79 Å². The number of aromatic nitrogens is 4. The van der Waals surface area contributed by atoms with Gasteiger partial charge in [0.1, 0.15) is 12.1 Å². The van der Waals surface area contributed by atoms with E-state index in [4.69, 9.17) is 4.98 Å². The molecule has 7 nitrogen and oxygen atoms in total. The van der Waals surface area contributed by atoms with Crippen molar-refractivity contribution in [3.63, 3.8) is 0 Å². The minimum atomic E-state index is -0.169. The highest BCUT2D eigenvalue weighted by atomic mass is 16.2. The second-order valence-electron chi connectivity index (χ2n) is 9.23. The predicted octanol–water partition coefficient (Wildman–Crippen LogP) is 3.74. The summed E-state index contributed by atoms with van der Waals surface area (Å²) in [6.45, 7) is 1.59. The van der Waals surface area contributed by atoms with Crippen molar-refractivity contribution in [1.29, 1.82) is 0 Å². The number of piperidine rings is 1. The van der Waals surface area contributed by atoms with Crippen LogP contribution in [0.1, 0.15) is 47.7 Å². The molecule has 2 aliphatic rings. The maximum absolute atomic E-state index is 13.6. The second-order valence-corrected chi connectivity index (χ2v) is 9.23. The molecule has 4 aromatic rings. The van der Waals surface area contributed by atoms with Crippen LogP contribution < -0.4 is 10.2 Å². The van der Waals surface area contributed by atoms with E-state index in [-0.39, 0.29) is 17.9 Å². The van der Waals surface area contributed by atoms with Gasteiger partial charge in [0.15, 0.2) is 0 Å². The lowest BCUT2D eigenvalue weighted by Gasteiger charge is -2.35. The van der Waals surface area contributed by atoms with Crippen molar-refractivity contribution in [3.05, 3.63) is 89.4 Å². The quantitative estimate of drug-likeness (QED) is 0.499. The number of benzene rings is 2. The van der Waals surface area contributed by atoms with E-state index in [1.807, 2.05) is 40.9 Å². The molecule has 7 heteroatoms. The fraction of sp³-hybridized carbons (Fsp3) is 0.333. The summed E-state index contributed by atoms with van der Waals surface area (Å²) in [5, 5.41) is 7.83. The predicted molar refractivity (Wildman–Crippen MR) is 131 cm³/mol. The van der Waals surface area contributed by atoms with Crippen molar-refractivity contribution in [2.24, 2.45) is 5.92 Å². The van der Waals surface area contributed by atoms with E-state index in [1.165, 1.54) is 5.56 Å². The Balaban J connectivity index is 1.27. The molecule has 1 fully saturated rings. The van der Waals surface area contributed by atoms with Gasteiger partial charge in [0.25, 0.3) is 5.78 Å². The molecule has 1 amide bonds. The summed E-state index contributed by atoms with van der Waals surface area (Å²) in [6.07, 6.45) is 6.51. The summed E-state index contributed by atoms with van der Waals surface area (Å²) >= 11 is 0. The number of hydrogen-bond acceptors (Lipinski definition) is 5. The van der Waals surface area contributed by atoms with E-state index >= 15 is 0 Å². The largest absolute Gasteiger partial charge is 0.355 e. The monoisotopic (exact) mass is 452 g/mol. The van der Waals surface area contributed by atoms with Crippen LogP contribution in [-0.2, 0) is 17.6 Å². The third kappa shape index (κ3) is 3.81. The standard InChI is InChI=1S/C27H28N6O/c34-25(31-24(19-9-3-1-4-10-19)20-11-5-2-6-12-20)21-13-8-16-32(17-21)26-22-14-7-15-23(22)30-27-28-18-29-33(26)27/h1-6,9-12,18,21,24H,7-8,13-17H2,(H,31,34). The van der Waals surface area contributed by atoms with Gasteiger partial charge in [-0.3, -0.25) is 4.79 Å². The van der Waals surface area contributed by atoms with Crippen LogP contribution in [-0.4, -0.2) is 38.6 Å². The van der Waals surface area contributed by atoms with Gasteiger partial charge >= 0.3 is 0 Å². The number of nitrogens with one attached hydrogen (secondary N) is 1. The summed E-state index contributed by atoms with van der Waals surface area (Å²) in [6, 6.07) is 20.2. The number of hydrogen-bond donors (Lipinski definition) is 1. The maximum atomic E-state index is 13.6. The lowest BCUT2D eigenvalue weighted by Crippen LogP contribution is -2.45. The van der Waals surface area contributed by atoms with Crippen LogP contribution in [0.5, 0.6) is 0 Å². The topological polar surface area (TPSA) is 75.4 Å². The Morgan fingerprint density at radius 3 is 2.44 bits per heavy atom. The van der Waals surface area contributed by atoms with E-state index in [0.717, 1.165) is 61.3 Å². The van der Waals surface area contributed by atoms with Crippen LogP contribution in [0.3, 0.4) is 0 Å². The van der Waals surface area contributed by atoms with Gasteiger partial charge in [-0.2, -0.15) is 14.6 Å². The summed E-state index contributed by atoms with van der Waals surface area (Å²) in [7, 11) is 0. The number of aryl methyl sites for hydroxylation is 1. The number of nitrogens with zero attached hydrogens (tertiary/aromatic N) is 5. The average molecular weight is 453 g/mol. The van der Waals surface area contributed by atoms with E-state index < -0.39 is 0 Å². The summed E-state index contributed by atoms with van der Waals surface area (Å²) in [4.78, 5) is 25.0. The Morgan fingerprint density at radius 2 is 1.71 bits per heavy atom. The van der Waals surface area contributed by atoms with Crippen molar-refractivity contribution in [3.8, 4) is 0 Å². The highest BCUT2D eigenvalue weighted by molar-refractivity contribution is 5.80. The zero-order chi connectivity index (χ0) is 22.9. The maximum Gasteiger partial charge on any atom is 0.254 e. The molecule has 34 heavy (non-hydrogen) atoms. The normalized spacial score (nSPS) is 17.8. The first-order valence-electron chi connectivity index (χ1n) is 12.1. The Labute approximate surface area is 198 Å². The Morgan fingerprint density at radius 1 is 0.971 bits per heavy atom. The third-order valence-electron chi connectivity index (χ3n) is 7.07. The first-order valence-corrected chi connectivity index (χ1v) is 12.1. The van der Waals surface area contributed by atoms with Crippen molar-refractivity contribution >= 4 is 17.5 Å². The van der Waals surface area contributed by atoms with Gasteiger partial charge in [-0.05, 0) is 43.2 Å². The van der Waals surface area contributed by atoms with Crippen molar-refractivity contribution in [2.45, 2.75) is 38.1 Å². The van der Waals surface area contributed by atoms with Gasteiger partial charge in [0.2, 0.25) is 5.91 Å². The fourth-order valence-corrected chi connectivity index (χ4v) is 5.42. The molecule has 1 aliphatic heterocycles. The minimum absolute atomic E-state index is 0.0903. The second kappa shape index (κ2) is 8.89. The molecular weight excluding hydrogens is 424 g/mol. The Bertz CT molecular complexity index is 1260. The van der Waals surface area contributed by atoms with Crippen molar-refractivity contribution < 1.29 is 4.79 Å². The summed E-state index contributed by atoms with van der Waals surface area (Å²) in [5.41, 5.74) is 4.58. The van der Waals surface area contributed by atoms with Gasteiger partial charge in [-0.25, -0.2) is 4.98 Å². The Kier molecular flexibility index (Phi) is 5.45. The third-order valence-corrected chi connectivity index (χ3v) is 7.07. The Hall–Kier alpha value is -3.74. The van der Waals surface area contributed by atoms with Gasteiger partial charge in [-0.15, -0.1) is 0 Å². The van der Waals surface area contributed by atoms with E-state index in [1.54, 1.807) is 6.33 Å². The highest BCUT2D eigenvalue weighted by Gasteiger charge is 2.32. The molecule has 1 unspecified atom stereocenters. The SMILES string of the molecule is O=C(NC(c1ccccc1)c1ccccc1)C1CCCN(c2c3c(nc4ncnn24)CCC3)C1. The summed E-state index contributed by atoms with van der Waals surface area (Å²) < 4.78 is 1.86. The number of fused-ring (bicyclic) bond motifs is 2. The van der Waals surface area contributed by atoms with Crippen LogP contribution in [0.15, 0.2) is 67.0 Å². The molecule has 0 spiro atoms. The average Bonchev–Trinajstić information content (AvgIpc) is 3.56. The van der Waals surface area contributed by atoms with E-state index in [0.29, 0.717) is 12.3 Å². The number of carbonyl (C=O) groups excluding carboxylic acids is 1. The highest BCUT2D eigenvalue weighted by Crippen LogP contribution is 2.33. The first-order chi connectivity index (χ1) is 16.8. The molecule has 2 aromatic heterocycles. The molecular formula is C27H28N6O. The lowest BCUT2D eigenvalue weighted by molar-refractivity contribution is -0.125. The van der Waals surface area contributed by atoms with Gasteiger partial charge in [0.05, 0.1) is 17.7 Å². The lowest BCUT2D eigenvalue weighted by atomic mass is 9.94. The van der Waals surface area contributed by atoms with Gasteiger partial charge in [-0.1, -0.05) is 60.7 Å². The molecule has 2 aromatic carbocycles. The minimum Gasteiger partial charge on any atom is -0.355 e. The molecule has 172 valence electrons. The van der Waals surface area contributed by atoms with Gasteiger partial charge < -0.3 is 10.2 Å². The van der Waals surface area contributed by atoms with Gasteiger partial charge in [0, 0.05) is 18.7 Å². The molecule has 0 radical (unpaired) electrons. The summed E-state index contributed by atoms with van der Waals surface area (Å²) in [5.74, 6) is 1.74. The number of rotatable bonds is 5. The molecule has 3 heterocycles. The molecule has 0 saturated carbocycles. The zero-order valence-corrected chi connectivity index (χ0v) is 19.1. The molecule has 0 bridgehead atoms. The molecule has 1 aliphatic carbocycles. The smallest absolute Gasteiger partial charge is 0.254 e. The first kappa shape index (κ1) is 20.8. The van der Waals surface area contributed by atoms with Crippen LogP contribution >= 0.6 is 0 Å². The zero-order valence-electron chi connectivity index (χ0n) is 19.1. The van der Waals surface area contributed by atoms with Crippen LogP contribution in [0.25, 0.3) is 5.78 Å². The molecule has 1 N–H and O–H groups in total. The van der Waals surface area contributed by atoms with Crippen LogP contribution in [0.2, 0.25) is 0 Å². The van der Waals surface area contributed by atoms with E-state index in [2.05, 4.69) is 44.6 Å². The molecule has 1 atom stereocenters. The van der Waals surface area contributed by atoms with Crippen molar-refractivity contribution in [2.75, 3.05) is 18.0 Å². The number of carbonyl (C=O) groups is 1. The van der Waals surface area contributed by atoms with Crippen LogP contribution in [0.4, 0.5) is 5.82 Å². The number of amides is 1. The number of anilines is 1. The molecule has 1 saturated heterocycles.